The lowest BCUT2D eigenvalue weighted by molar-refractivity contribution is -0.123. The average molecular weight is 297 g/mol. The van der Waals surface area contributed by atoms with Crippen LogP contribution in [0.4, 0.5) is 5.69 Å². The zero-order valence-corrected chi connectivity index (χ0v) is 12.0. The second-order valence-electron chi connectivity index (χ2n) is 4.87. The van der Waals surface area contributed by atoms with Crippen molar-refractivity contribution in [2.45, 2.75) is 13.6 Å². The van der Waals surface area contributed by atoms with E-state index >= 15 is 0 Å². The number of aromatic nitrogens is 2. The summed E-state index contributed by atoms with van der Waals surface area (Å²) in [5.74, 6) is 0.239. The van der Waals surface area contributed by atoms with Crippen LogP contribution in [-0.4, -0.2) is 26.4 Å². The molecule has 0 saturated heterocycles. The Bertz CT molecular complexity index is 736. The first kappa shape index (κ1) is 13.9. The lowest BCUT2D eigenvalue weighted by atomic mass is 10.3. The Balaban J connectivity index is 1.73. The fourth-order valence-corrected chi connectivity index (χ4v) is 2.15. The van der Waals surface area contributed by atoms with Gasteiger partial charge < -0.3 is 9.88 Å². The summed E-state index contributed by atoms with van der Waals surface area (Å²) in [6.07, 6.45) is 5.10. The Morgan fingerprint density at radius 2 is 2.00 bits per heavy atom. The number of hydrazine groups is 1. The van der Waals surface area contributed by atoms with Crippen LogP contribution in [0.3, 0.4) is 0 Å². The molecule has 3 rings (SSSR count). The standard InChI is InChI=1S/C15H15N5O2/c1-11(21)18-20-8-7-14-17-13(9-19(14)10-20)15(22)16-12-5-3-2-4-6-12/h2-9H,10H2,1H3,(H,16,22)(H,18,21). The van der Waals surface area contributed by atoms with Gasteiger partial charge in [-0.15, -0.1) is 0 Å². The van der Waals surface area contributed by atoms with E-state index in [1.54, 1.807) is 28.0 Å². The summed E-state index contributed by atoms with van der Waals surface area (Å²) in [7, 11) is 0. The molecule has 0 aliphatic carbocycles. The summed E-state index contributed by atoms with van der Waals surface area (Å²) in [5, 5.41) is 4.41. The minimum atomic E-state index is -0.271. The van der Waals surface area contributed by atoms with Crippen molar-refractivity contribution >= 4 is 23.6 Å². The summed E-state index contributed by atoms with van der Waals surface area (Å²) in [4.78, 5) is 27.5. The topological polar surface area (TPSA) is 79.3 Å². The molecule has 1 aromatic carbocycles. The molecule has 0 spiro atoms. The van der Waals surface area contributed by atoms with E-state index in [2.05, 4.69) is 15.7 Å². The number of para-hydroxylation sites is 1. The third-order valence-electron chi connectivity index (χ3n) is 3.08. The Morgan fingerprint density at radius 1 is 1.23 bits per heavy atom. The molecule has 0 atom stereocenters. The van der Waals surface area contributed by atoms with E-state index in [9.17, 15) is 9.59 Å². The van der Waals surface area contributed by atoms with Crippen LogP contribution in [0.15, 0.2) is 42.7 Å². The predicted molar refractivity (Wildman–Crippen MR) is 81.3 cm³/mol. The summed E-state index contributed by atoms with van der Waals surface area (Å²) in [6.45, 7) is 1.84. The molecule has 0 fully saturated rings. The number of carbonyl (C=O) groups excluding carboxylic acids is 2. The van der Waals surface area contributed by atoms with Crippen LogP contribution in [0.25, 0.3) is 6.08 Å². The number of hydrogen-bond donors (Lipinski definition) is 2. The molecule has 1 aromatic heterocycles. The van der Waals surface area contributed by atoms with Crippen molar-refractivity contribution in [1.82, 2.24) is 20.0 Å². The molecule has 2 heterocycles. The van der Waals surface area contributed by atoms with E-state index in [1.807, 2.05) is 30.3 Å². The van der Waals surface area contributed by atoms with Crippen LogP contribution in [0.5, 0.6) is 0 Å². The SMILES string of the molecule is CC(=O)NN1C=Cc2nc(C(=O)Nc3ccccc3)cn2C1. The molecule has 0 unspecified atom stereocenters. The van der Waals surface area contributed by atoms with Gasteiger partial charge in [0, 0.05) is 25.0 Å². The molecule has 0 saturated carbocycles. The Morgan fingerprint density at radius 3 is 2.73 bits per heavy atom. The van der Waals surface area contributed by atoms with Crippen LogP contribution in [0.2, 0.25) is 0 Å². The number of rotatable bonds is 3. The maximum Gasteiger partial charge on any atom is 0.275 e. The Hall–Kier alpha value is -3.09. The second kappa shape index (κ2) is 5.72. The quantitative estimate of drug-likeness (QED) is 0.898. The number of anilines is 1. The zero-order chi connectivity index (χ0) is 15.5. The van der Waals surface area contributed by atoms with Gasteiger partial charge in [0.15, 0.2) is 0 Å². The zero-order valence-electron chi connectivity index (χ0n) is 12.0. The summed E-state index contributed by atoms with van der Waals surface area (Å²) < 4.78 is 1.79. The van der Waals surface area contributed by atoms with Gasteiger partial charge in [-0.05, 0) is 18.2 Å². The lowest BCUT2D eigenvalue weighted by Crippen LogP contribution is -2.39. The molecule has 2 amide bonds. The molecule has 112 valence electrons. The van der Waals surface area contributed by atoms with E-state index < -0.39 is 0 Å². The van der Waals surface area contributed by atoms with Crippen molar-refractivity contribution in [3.8, 4) is 0 Å². The summed E-state index contributed by atoms with van der Waals surface area (Å²) in [6, 6.07) is 9.20. The van der Waals surface area contributed by atoms with Gasteiger partial charge in [0.05, 0.1) is 0 Å². The largest absolute Gasteiger partial charge is 0.321 e. The number of hydrogen-bond acceptors (Lipinski definition) is 4. The van der Waals surface area contributed by atoms with Gasteiger partial charge in [0.2, 0.25) is 5.91 Å². The fourth-order valence-electron chi connectivity index (χ4n) is 2.15. The molecular weight excluding hydrogens is 282 g/mol. The number of amides is 2. The van der Waals surface area contributed by atoms with Crippen LogP contribution in [0.1, 0.15) is 23.2 Å². The van der Waals surface area contributed by atoms with Gasteiger partial charge >= 0.3 is 0 Å². The number of carbonyl (C=O) groups is 2. The van der Waals surface area contributed by atoms with E-state index in [4.69, 9.17) is 0 Å². The molecular formula is C15H15N5O2. The number of nitrogens with zero attached hydrogens (tertiary/aromatic N) is 3. The van der Waals surface area contributed by atoms with Crippen molar-refractivity contribution < 1.29 is 9.59 Å². The highest BCUT2D eigenvalue weighted by Gasteiger charge is 2.17. The first-order chi connectivity index (χ1) is 10.6. The molecule has 1 aliphatic heterocycles. The lowest BCUT2D eigenvalue weighted by Gasteiger charge is -2.24. The third-order valence-corrected chi connectivity index (χ3v) is 3.08. The maximum absolute atomic E-state index is 12.2. The van der Waals surface area contributed by atoms with E-state index in [1.165, 1.54) is 6.92 Å². The van der Waals surface area contributed by atoms with Gasteiger partial charge in [0.1, 0.15) is 18.2 Å². The monoisotopic (exact) mass is 297 g/mol. The highest BCUT2D eigenvalue weighted by Crippen LogP contribution is 2.14. The fraction of sp³-hybridized carbons (Fsp3) is 0.133. The van der Waals surface area contributed by atoms with Gasteiger partial charge in [-0.2, -0.15) is 0 Å². The van der Waals surface area contributed by atoms with Crippen LogP contribution in [-0.2, 0) is 11.5 Å². The van der Waals surface area contributed by atoms with Gasteiger partial charge in [-0.3, -0.25) is 20.0 Å². The van der Waals surface area contributed by atoms with Crippen molar-refractivity contribution in [2.24, 2.45) is 0 Å². The van der Waals surface area contributed by atoms with Crippen molar-refractivity contribution in [3.05, 3.63) is 54.2 Å². The molecule has 0 radical (unpaired) electrons. The molecule has 0 bridgehead atoms. The Labute approximate surface area is 127 Å². The maximum atomic E-state index is 12.2. The summed E-state index contributed by atoms with van der Waals surface area (Å²) in [5.41, 5.74) is 3.70. The van der Waals surface area contributed by atoms with E-state index in [0.29, 0.717) is 23.9 Å². The average Bonchev–Trinajstić information content (AvgIpc) is 2.91. The van der Waals surface area contributed by atoms with Crippen LogP contribution < -0.4 is 10.7 Å². The number of imidazole rings is 1. The van der Waals surface area contributed by atoms with Gasteiger partial charge in [-0.25, -0.2) is 4.98 Å². The number of nitrogens with one attached hydrogen (secondary N) is 2. The smallest absolute Gasteiger partial charge is 0.275 e. The molecule has 2 N–H and O–H groups in total. The minimum absolute atomic E-state index is 0.157. The normalized spacial score (nSPS) is 12.7. The highest BCUT2D eigenvalue weighted by atomic mass is 16.2. The van der Waals surface area contributed by atoms with Gasteiger partial charge in [-0.1, -0.05) is 18.2 Å². The summed E-state index contributed by atoms with van der Waals surface area (Å²) >= 11 is 0. The molecule has 7 heteroatoms. The van der Waals surface area contributed by atoms with E-state index in [-0.39, 0.29) is 11.8 Å². The number of benzene rings is 1. The molecule has 1 aliphatic rings. The third kappa shape index (κ3) is 2.98. The van der Waals surface area contributed by atoms with Gasteiger partial charge in [0.25, 0.3) is 5.91 Å². The molecule has 2 aromatic rings. The van der Waals surface area contributed by atoms with Crippen molar-refractivity contribution in [2.75, 3.05) is 5.32 Å². The minimum Gasteiger partial charge on any atom is -0.321 e. The number of fused-ring (bicyclic) bond motifs is 1. The highest BCUT2D eigenvalue weighted by molar-refractivity contribution is 6.02. The second-order valence-corrected chi connectivity index (χ2v) is 4.87. The van der Waals surface area contributed by atoms with Crippen molar-refractivity contribution in [1.29, 1.82) is 0 Å². The van der Waals surface area contributed by atoms with Crippen LogP contribution in [0, 0.1) is 0 Å². The van der Waals surface area contributed by atoms with E-state index in [0.717, 1.165) is 0 Å². The molecule has 22 heavy (non-hydrogen) atoms. The first-order valence-electron chi connectivity index (χ1n) is 6.77. The van der Waals surface area contributed by atoms with Crippen LogP contribution >= 0.6 is 0 Å². The first-order valence-corrected chi connectivity index (χ1v) is 6.77. The Kier molecular flexibility index (Phi) is 3.61. The molecule has 7 nitrogen and oxygen atoms in total. The predicted octanol–water partition coefficient (Wildman–Crippen LogP) is 1.43. The van der Waals surface area contributed by atoms with Crippen molar-refractivity contribution in [3.63, 3.8) is 0 Å².